The van der Waals surface area contributed by atoms with Gasteiger partial charge < -0.3 is 4.57 Å². The summed E-state index contributed by atoms with van der Waals surface area (Å²) in [6.45, 7) is 4.75. The molecule has 0 aliphatic heterocycles. The van der Waals surface area contributed by atoms with Crippen molar-refractivity contribution < 1.29 is 8.42 Å². The van der Waals surface area contributed by atoms with Crippen molar-refractivity contribution in [3.8, 4) is 0 Å². The third kappa shape index (κ3) is 4.18. The molecule has 0 bridgehead atoms. The van der Waals surface area contributed by atoms with Gasteiger partial charge in [-0.15, -0.1) is 0 Å². The van der Waals surface area contributed by atoms with E-state index in [1.54, 1.807) is 6.07 Å². The number of nitrogens with zero attached hydrogens (tertiary/aromatic N) is 1. The zero-order chi connectivity index (χ0) is 17.9. The molecule has 25 heavy (non-hydrogen) atoms. The van der Waals surface area contributed by atoms with E-state index in [9.17, 15) is 8.42 Å². The molecule has 0 fully saturated rings. The van der Waals surface area contributed by atoms with E-state index in [-0.39, 0.29) is 6.54 Å². The summed E-state index contributed by atoms with van der Waals surface area (Å²) in [6.07, 6.45) is 1.97. The van der Waals surface area contributed by atoms with Gasteiger partial charge in [0.25, 0.3) is 0 Å². The number of benzene rings is 2. The highest BCUT2D eigenvalue weighted by atomic mass is 32.2. The topological polar surface area (TPSA) is 51.1 Å². The van der Waals surface area contributed by atoms with Crippen molar-refractivity contribution in [3.63, 3.8) is 0 Å². The van der Waals surface area contributed by atoms with Crippen molar-refractivity contribution >= 4 is 10.0 Å². The molecule has 3 aromatic rings. The summed E-state index contributed by atoms with van der Waals surface area (Å²) in [5.74, 6) is 0. The van der Waals surface area contributed by atoms with Gasteiger partial charge in [-0.05, 0) is 43.2 Å². The maximum absolute atomic E-state index is 12.6. The molecule has 0 aliphatic rings. The molecule has 0 amide bonds. The Hall–Kier alpha value is -2.37. The quantitative estimate of drug-likeness (QED) is 0.735. The molecule has 1 aromatic heterocycles. The lowest BCUT2D eigenvalue weighted by molar-refractivity contribution is 0.577. The second kappa shape index (κ2) is 7.25. The average Bonchev–Trinajstić information content (AvgIpc) is 3.01. The Balaban J connectivity index is 1.75. The summed E-state index contributed by atoms with van der Waals surface area (Å²) >= 11 is 0. The molecular formula is C20H22N2O2S. The number of rotatable bonds is 6. The van der Waals surface area contributed by atoms with Gasteiger partial charge in [-0.3, -0.25) is 0 Å². The molecule has 0 unspecified atom stereocenters. The molecule has 0 saturated carbocycles. The van der Waals surface area contributed by atoms with Gasteiger partial charge in [0.15, 0.2) is 0 Å². The fourth-order valence-electron chi connectivity index (χ4n) is 2.89. The second-order valence-electron chi connectivity index (χ2n) is 6.21. The van der Waals surface area contributed by atoms with E-state index < -0.39 is 10.0 Å². The van der Waals surface area contributed by atoms with Crippen LogP contribution in [0.5, 0.6) is 0 Å². The van der Waals surface area contributed by atoms with E-state index in [1.807, 2.05) is 62.5 Å². The summed E-state index contributed by atoms with van der Waals surface area (Å²) in [4.78, 5) is 0.333. The van der Waals surface area contributed by atoms with E-state index in [0.717, 1.165) is 16.8 Å². The Morgan fingerprint density at radius 3 is 2.44 bits per heavy atom. The highest BCUT2D eigenvalue weighted by molar-refractivity contribution is 7.89. The Labute approximate surface area is 149 Å². The first-order valence-electron chi connectivity index (χ1n) is 8.20. The Morgan fingerprint density at radius 1 is 0.960 bits per heavy atom. The van der Waals surface area contributed by atoms with Gasteiger partial charge >= 0.3 is 0 Å². The molecule has 4 nitrogen and oxygen atoms in total. The predicted molar refractivity (Wildman–Crippen MR) is 99.9 cm³/mol. The number of aryl methyl sites for hydroxylation is 2. The van der Waals surface area contributed by atoms with Crippen LogP contribution in [0.3, 0.4) is 0 Å². The van der Waals surface area contributed by atoms with E-state index in [4.69, 9.17) is 0 Å². The van der Waals surface area contributed by atoms with Gasteiger partial charge in [-0.1, -0.05) is 48.0 Å². The number of hydrogen-bond donors (Lipinski definition) is 1. The van der Waals surface area contributed by atoms with Crippen LogP contribution in [0.15, 0.2) is 71.8 Å². The minimum Gasteiger partial charge on any atom is -0.346 e. The van der Waals surface area contributed by atoms with Crippen molar-refractivity contribution in [1.29, 1.82) is 0 Å². The zero-order valence-corrected chi connectivity index (χ0v) is 15.3. The minimum atomic E-state index is -3.54. The van der Waals surface area contributed by atoms with Crippen LogP contribution in [0.2, 0.25) is 0 Å². The van der Waals surface area contributed by atoms with Gasteiger partial charge in [0.2, 0.25) is 10.0 Å². The van der Waals surface area contributed by atoms with Crippen molar-refractivity contribution in [2.45, 2.75) is 31.8 Å². The van der Waals surface area contributed by atoms with Gasteiger partial charge in [-0.25, -0.2) is 13.1 Å². The molecule has 2 aromatic carbocycles. The summed E-state index contributed by atoms with van der Waals surface area (Å²) < 4.78 is 30.0. The average molecular weight is 354 g/mol. The molecule has 3 rings (SSSR count). The molecule has 0 atom stereocenters. The lowest BCUT2D eigenvalue weighted by Crippen LogP contribution is -2.25. The molecule has 5 heteroatoms. The molecule has 0 saturated heterocycles. The van der Waals surface area contributed by atoms with E-state index in [1.165, 1.54) is 5.56 Å². The Kier molecular flexibility index (Phi) is 5.06. The fraction of sp³-hybridized carbons (Fsp3) is 0.200. The highest BCUT2D eigenvalue weighted by Crippen LogP contribution is 2.17. The summed E-state index contributed by atoms with van der Waals surface area (Å²) in [6, 6.07) is 19.3. The molecule has 130 valence electrons. The van der Waals surface area contributed by atoms with Crippen LogP contribution in [0.25, 0.3) is 0 Å². The van der Waals surface area contributed by atoms with E-state index in [0.29, 0.717) is 11.4 Å². The molecular weight excluding hydrogens is 332 g/mol. The van der Waals surface area contributed by atoms with Crippen molar-refractivity contribution in [2.24, 2.45) is 0 Å². The van der Waals surface area contributed by atoms with Crippen molar-refractivity contribution in [1.82, 2.24) is 9.29 Å². The third-order valence-corrected chi connectivity index (χ3v) is 5.74. The molecule has 0 spiro atoms. The van der Waals surface area contributed by atoms with Crippen LogP contribution in [-0.4, -0.2) is 13.0 Å². The van der Waals surface area contributed by atoms with Gasteiger partial charge in [0.1, 0.15) is 0 Å². The fourth-order valence-corrected chi connectivity index (χ4v) is 4.12. The van der Waals surface area contributed by atoms with E-state index in [2.05, 4.69) is 21.4 Å². The lowest BCUT2D eigenvalue weighted by Gasteiger charge is -2.12. The maximum Gasteiger partial charge on any atom is 0.241 e. The number of hydrogen-bond acceptors (Lipinski definition) is 2. The molecule has 0 aliphatic carbocycles. The van der Waals surface area contributed by atoms with E-state index >= 15 is 0 Å². The predicted octanol–water partition coefficient (Wildman–Crippen LogP) is 3.63. The van der Waals surface area contributed by atoms with Crippen LogP contribution in [0, 0.1) is 13.8 Å². The summed E-state index contributed by atoms with van der Waals surface area (Å²) in [5, 5.41) is 0. The van der Waals surface area contributed by atoms with Crippen molar-refractivity contribution in [2.75, 3.05) is 0 Å². The molecule has 0 radical (unpaired) electrons. The summed E-state index contributed by atoms with van der Waals surface area (Å²) in [5.41, 5.74) is 3.91. The SMILES string of the molecule is Cc1ccc(S(=O)(=O)NCc2cccn2Cc2ccccc2)c(C)c1. The minimum absolute atomic E-state index is 0.259. The number of aromatic nitrogens is 1. The maximum atomic E-state index is 12.6. The van der Waals surface area contributed by atoms with Crippen LogP contribution in [0.4, 0.5) is 0 Å². The molecule has 1 N–H and O–H groups in total. The monoisotopic (exact) mass is 354 g/mol. The summed E-state index contributed by atoms with van der Waals surface area (Å²) in [7, 11) is -3.54. The van der Waals surface area contributed by atoms with Gasteiger partial charge in [0.05, 0.1) is 11.4 Å². The zero-order valence-electron chi connectivity index (χ0n) is 14.4. The molecule has 1 heterocycles. The van der Waals surface area contributed by atoms with Gasteiger partial charge in [-0.2, -0.15) is 0 Å². The van der Waals surface area contributed by atoms with Crippen LogP contribution >= 0.6 is 0 Å². The Bertz CT molecular complexity index is 960. The number of nitrogens with one attached hydrogen (secondary N) is 1. The second-order valence-corrected chi connectivity index (χ2v) is 7.94. The largest absolute Gasteiger partial charge is 0.346 e. The first-order valence-corrected chi connectivity index (χ1v) is 9.69. The van der Waals surface area contributed by atoms with Crippen LogP contribution in [-0.2, 0) is 23.1 Å². The van der Waals surface area contributed by atoms with Crippen LogP contribution < -0.4 is 4.72 Å². The smallest absolute Gasteiger partial charge is 0.241 e. The number of sulfonamides is 1. The Morgan fingerprint density at radius 2 is 1.72 bits per heavy atom. The standard InChI is InChI=1S/C20H22N2O2S/c1-16-10-11-20(17(2)13-16)25(23,24)21-14-19-9-6-12-22(19)15-18-7-4-3-5-8-18/h3-13,21H,14-15H2,1-2H3. The first-order chi connectivity index (χ1) is 12.0. The van der Waals surface area contributed by atoms with Gasteiger partial charge in [0, 0.05) is 18.4 Å². The lowest BCUT2D eigenvalue weighted by atomic mass is 10.2. The third-order valence-electron chi connectivity index (χ3n) is 4.18. The normalized spacial score (nSPS) is 11.6. The first kappa shape index (κ1) is 17.5. The van der Waals surface area contributed by atoms with Crippen LogP contribution in [0.1, 0.15) is 22.4 Å². The van der Waals surface area contributed by atoms with Crippen molar-refractivity contribution in [3.05, 3.63) is 89.2 Å². The highest BCUT2D eigenvalue weighted by Gasteiger charge is 2.17.